The van der Waals surface area contributed by atoms with Crippen LogP contribution in [0.4, 0.5) is 0 Å². The first-order valence-corrected chi connectivity index (χ1v) is 3.04. The first-order valence-electron chi connectivity index (χ1n) is 2.13. The van der Waals surface area contributed by atoms with Crippen LogP contribution in [0.3, 0.4) is 0 Å². The predicted molar refractivity (Wildman–Crippen MR) is 29.9 cm³/mol. The van der Waals surface area contributed by atoms with Crippen LogP contribution in [-0.2, 0) is 0 Å². The van der Waals surface area contributed by atoms with Gasteiger partial charge in [-0.1, -0.05) is 22.9 Å². The van der Waals surface area contributed by atoms with Crippen molar-refractivity contribution in [2.24, 2.45) is 11.7 Å². The van der Waals surface area contributed by atoms with Crippen molar-refractivity contribution in [2.45, 2.75) is 17.8 Å². The molecule has 1 rings (SSSR count). The minimum atomic E-state index is 0.435. The van der Waals surface area contributed by atoms with Crippen LogP contribution in [-0.4, -0.2) is 10.9 Å². The van der Waals surface area contributed by atoms with E-state index in [9.17, 15) is 0 Å². The molecule has 2 heteroatoms. The maximum Gasteiger partial charge on any atom is 0.0340 e. The molecule has 2 N–H and O–H groups in total. The average Bonchev–Trinajstić information content (AvgIpc) is 1.94. The van der Waals surface area contributed by atoms with E-state index in [2.05, 4.69) is 22.9 Å². The van der Waals surface area contributed by atoms with E-state index in [-0.39, 0.29) is 0 Å². The molecular weight excluding hydrogens is 142 g/mol. The molecule has 0 aromatic carbocycles. The molecule has 0 amide bonds. The van der Waals surface area contributed by atoms with Crippen molar-refractivity contribution in [3.8, 4) is 0 Å². The zero-order valence-corrected chi connectivity index (χ0v) is 5.27. The summed E-state index contributed by atoms with van der Waals surface area (Å²) < 4.78 is 0. The maximum atomic E-state index is 5.46. The van der Waals surface area contributed by atoms with Crippen LogP contribution in [0.5, 0.6) is 0 Å². The molecule has 0 heterocycles. The standard InChI is InChI=1S/C4H8BrN/c1-2-3(5)4(2)6/h2-4H,6H2,1H3/t2-,3+,4-/m1/s1. The molecule has 1 aliphatic carbocycles. The van der Waals surface area contributed by atoms with Gasteiger partial charge in [-0.05, 0) is 5.92 Å². The van der Waals surface area contributed by atoms with E-state index in [1.54, 1.807) is 0 Å². The summed E-state index contributed by atoms with van der Waals surface area (Å²) in [7, 11) is 0. The third-order valence-electron chi connectivity index (χ3n) is 1.34. The van der Waals surface area contributed by atoms with Gasteiger partial charge in [0.2, 0.25) is 0 Å². The molecule has 0 spiro atoms. The van der Waals surface area contributed by atoms with Gasteiger partial charge in [-0.2, -0.15) is 0 Å². The van der Waals surface area contributed by atoms with Crippen LogP contribution in [0.15, 0.2) is 0 Å². The summed E-state index contributed by atoms with van der Waals surface area (Å²) in [4.78, 5) is 0.609. The molecule has 0 bridgehead atoms. The molecule has 0 unspecified atom stereocenters. The Morgan fingerprint density at radius 1 is 1.67 bits per heavy atom. The molecule has 0 aromatic rings. The Morgan fingerprint density at radius 2 is 1.83 bits per heavy atom. The minimum absolute atomic E-state index is 0.435. The highest BCUT2D eigenvalue weighted by molar-refractivity contribution is 9.09. The zero-order chi connectivity index (χ0) is 4.73. The number of rotatable bonds is 0. The molecule has 1 fully saturated rings. The Balaban J connectivity index is 2.31. The second-order valence-corrected chi connectivity index (χ2v) is 2.94. The van der Waals surface area contributed by atoms with Crippen molar-refractivity contribution >= 4 is 15.9 Å². The second-order valence-electron chi connectivity index (χ2n) is 1.88. The summed E-state index contributed by atoms with van der Waals surface area (Å²) in [5.41, 5.74) is 5.46. The SMILES string of the molecule is C[C@H]1[C@@H](N)[C@H]1Br. The summed E-state index contributed by atoms with van der Waals surface area (Å²) in [6.45, 7) is 2.14. The normalized spacial score (nSPS) is 55.5. The van der Waals surface area contributed by atoms with Gasteiger partial charge in [0, 0.05) is 10.9 Å². The fourth-order valence-corrected chi connectivity index (χ4v) is 1.10. The number of alkyl halides is 1. The van der Waals surface area contributed by atoms with Gasteiger partial charge < -0.3 is 5.73 Å². The first kappa shape index (κ1) is 4.60. The Morgan fingerprint density at radius 3 is 1.83 bits per heavy atom. The van der Waals surface area contributed by atoms with Gasteiger partial charge in [-0.15, -0.1) is 0 Å². The molecule has 1 saturated carbocycles. The van der Waals surface area contributed by atoms with E-state index in [0.717, 1.165) is 0 Å². The lowest BCUT2D eigenvalue weighted by molar-refractivity contribution is 0.895. The summed E-state index contributed by atoms with van der Waals surface area (Å²) >= 11 is 3.39. The monoisotopic (exact) mass is 149 g/mol. The molecule has 0 aliphatic heterocycles. The van der Waals surface area contributed by atoms with Gasteiger partial charge in [-0.3, -0.25) is 0 Å². The lowest BCUT2D eigenvalue weighted by atomic mass is 10.5. The Labute approximate surface area is 46.0 Å². The maximum absolute atomic E-state index is 5.46. The molecule has 36 valence electrons. The lowest BCUT2D eigenvalue weighted by Gasteiger charge is -1.68. The van der Waals surface area contributed by atoms with Crippen LogP contribution >= 0.6 is 15.9 Å². The average molecular weight is 150 g/mol. The van der Waals surface area contributed by atoms with Gasteiger partial charge in [0.15, 0.2) is 0 Å². The largest absolute Gasteiger partial charge is 0.326 e. The fraction of sp³-hybridized carbons (Fsp3) is 1.00. The van der Waals surface area contributed by atoms with E-state index in [0.29, 0.717) is 16.8 Å². The van der Waals surface area contributed by atoms with Crippen molar-refractivity contribution in [2.75, 3.05) is 0 Å². The summed E-state index contributed by atoms with van der Waals surface area (Å²) in [6, 6.07) is 0.435. The van der Waals surface area contributed by atoms with E-state index < -0.39 is 0 Å². The van der Waals surface area contributed by atoms with Gasteiger partial charge in [0.1, 0.15) is 0 Å². The molecule has 1 aliphatic rings. The van der Waals surface area contributed by atoms with Crippen LogP contribution in [0.1, 0.15) is 6.92 Å². The van der Waals surface area contributed by atoms with Gasteiger partial charge in [0.05, 0.1) is 0 Å². The van der Waals surface area contributed by atoms with E-state index >= 15 is 0 Å². The summed E-state index contributed by atoms with van der Waals surface area (Å²) in [5, 5.41) is 0. The fourth-order valence-electron chi connectivity index (χ4n) is 0.443. The topological polar surface area (TPSA) is 26.0 Å². The number of halogens is 1. The Bertz CT molecular complexity index is 44.3. The molecule has 6 heavy (non-hydrogen) atoms. The molecule has 1 nitrogen and oxygen atoms in total. The number of hydrogen-bond acceptors (Lipinski definition) is 1. The number of hydrogen-bond donors (Lipinski definition) is 1. The van der Waals surface area contributed by atoms with Crippen LogP contribution in [0.25, 0.3) is 0 Å². The third kappa shape index (κ3) is 0.482. The number of nitrogens with two attached hydrogens (primary N) is 1. The Hall–Kier alpha value is 0.440. The van der Waals surface area contributed by atoms with Crippen LogP contribution in [0.2, 0.25) is 0 Å². The Kier molecular flexibility index (Phi) is 0.922. The minimum Gasteiger partial charge on any atom is -0.326 e. The summed E-state index contributed by atoms with van der Waals surface area (Å²) in [6.07, 6.45) is 0. The molecule has 0 aromatic heterocycles. The highest BCUT2D eigenvalue weighted by atomic mass is 79.9. The van der Waals surface area contributed by atoms with Gasteiger partial charge in [-0.25, -0.2) is 0 Å². The first-order chi connectivity index (χ1) is 2.73. The van der Waals surface area contributed by atoms with Gasteiger partial charge in [0.25, 0.3) is 0 Å². The highest BCUT2D eigenvalue weighted by Crippen LogP contribution is 2.35. The third-order valence-corrected chi connectivity index (χ3v) is 2.78. The van der Waals surface area contributed by atoms with Crippen molar-refractivity contribution in [1.82, 2.24) is 0 Å². The van der Waals surface area contributed by atoms with Crippen LogP contribution < -0.4 is 5.73 Å². The van der Waals surface area contributed by atoms with E-state index in [4.69, 9.17) is 5.73 Å². The van der Waals surface area contributed by atoms with Gasteiger partial charge >= 0.3 is 0 Å². The molecular formula is C4H8BrN. The molecule has 3 atom stereocenters. The van der Waals surface area contributed by atoms with E-state index in [1.807, 2.05) is 0 Å². The predicted octanol–water partition coefficient (Wildman–Crippen LogP) is 0.727. The van der Waals surface area contributed by atoms with Crippen molar-refractivity contribution in [3.63, 3.8) is 0 Å². The van der Waals surface area contributed by atoms with E-state index in [1.165, 1.54) is 0 Å². The smallest absolute Gasteiger partial charge is 0.0340 e. The highest BCUT2D eigenvalue weighted by Gasteiger charge is 2.41. The quantitative estimate of drug-likeness (QED) is 0.506. The zero-order valence-electron chi connectivity index (χ0n) is 3.69. The van der Waals surface area contributed by atoms with Crippen molar-refractivity contribution in [1.29, 1.82) is 0 Å². The van der Waals surface area contributed by atoms with Crippen molar-refractivity contribution < 1.29 is 0 Å². The second kappa shape index (κ2) is 1.20. The molecule has 0 radical (unpaired) electrons. The van der Waals surface area contributed by atoms with Crippen molar-refractivity contribution in [3.05, 3.63) is 0 Å². The molecule has 0 saturated heterocycles. The lowest BCUT2D eigenvalue weighted by Crippen LogP contribution is -2.01. The van der Waals surface area contributed by atoms with Crippen LogP contribution in [0, 0.1) is 5.92 Å². The summed E-state index contributed by atoms with van der Waals surface area (Å²) in [5.74, 6) is 0.713.